The summed E-state index contributed by atoms with van der Waals surface area (Å²) in [4.78, 5) is 0.380. The van der Waals surface area contributed by atoms with Crippen molar-refractivity contribution < 1.29 is 21.6 Å². The van der Waals surface area contributed by atoms with E-state index in [0.717, 1.165) is 23.9 Å². The van der Waals surface area contributed by atoms with Crippen molar-refractivity contribution in [2.24, 2.45) is 0 Å². The third kappa shape index (κ3) is 5.30. The summed E-state index contributed by atoms with van der Waals surface area (Å²) in [7, 11) is 1.37. The van der Waals surface area contributed by atoms with Crippen LogP contribution in [0.1, 0.15) is 11.1 Å². The van der Waals surface area contributed by atoms with E-state index < -0.39 is 26.4 Å². The first kappa shape index (κ1) is 16.1. The molecule has 1 rings (SSSR count). The van der Waals surface area contributed by atoms with E-state index in [-0.39, 0.29) is 11.5 Å². The lowest BCUT2D eigenvalue weighted by Crippen LogP contribution is -2.07. The van der Waals surface area contributed by atoms with Gasteiger partial charge in [0, 0.05) is 21.3 Å². The quantitative estimate of drug-likeness (QED) is 0.628. The summed E-state index contributed by atoms with van der Waals surface area (Å²) < 4.78 is 58.9. The Morgan fingerprint density at radius 1 is 1.37 bits per heavy atom. The number of thioether (sulfide) groups is 1. The largest absolute Gasteiger partial charge is 0.417 e. The number of alkyl halides is 3. The van der Waals surface area contributed by atoms with Crippen molar-refractivity contribution in [2.45, 2.75) is 11.1 Å². The van der Waals surface area contributed by atoms with Gasteiger partial charge in [-0.15, -0.1) is 11.8 Å². The second-order valence-corrected chi connectivity index (χ2v) is 7.47. The standard InChI is InChI=1S/C10H7ClF3NO2S2/c11-19(16,17)4-3-18-8-1-2-9(10(12,13)14)7(5-8)6-15/h1-2,5H,3-4H2. The zero-order valence-corrected chi connectivity index (χ0v) is 11.6. The van der Waals surface area contributed by atoms with Crippen LogP contribution in [-0.4, -0.2) is 19.9 Å². The number of hydrogen-bond donors (Lipinski definition) is 0. The van der Waals surface area contributed by atoms with Gasteiger partial charge in [0.25, 0.3) is 0 Å². The van der Waals surface area contributed by atoms with Crippen molar-refractivity contribution in [1.29, 1.82) is 5.26 Å². The summed E-state index contributed by atoms with van der Waals surface area (Å²) in [6.07, 6.45) is -4.59. The Balaban J connectivity index is 2.87. The molecule has 1 aromatic carbocycles. The van der Waals surface area contributed by atoms with Gasteiger partial charge < -0.3 is 0 Å². The van der Waals surface area contributed by atoms with Crippen LogP contribution in [0.15, 0.2) is 23.1 Å². The molecule has 0 spiro atoms. The summed E-state index contributed by atoms with van der Waals surface area (Å²) in [5.41, 5.74) is -1.50. The molecule has 0 radical (unpaired) electrons. The number of nitriles is 1. The second-order valence-electron chi connectivity index (χ2n) is 3.41. The Morgan fingerprint density at radius 3 is 2.47 bits per heavy atom. The van der Waals surface area contributed by atoms with Crippen LogP contribution in [-0.2, 0) is 15.2 Å². The predicted molar refractivity (Wildman–Crippen MR) is 66.5 cm³/mol. The van der Waals surface area contributed by atoms with Crippen molar-refractivity contribution in [3.8, 4) is 6.07 Å². The van der Waals surface area contributed by atoms with Gasteiger partial charge in [-0.1, -0.05) is 0 Å². The van der Waals surface area contributed by atoms with E-state index in [0.29, 0.717) is 4.90 Å². The molecular weight excluding hydrogens is 323 g/mol. The van der Waals surface area contributed by atoms with E-state index in [1.807, 2.05) is 0 Å². The maximum atomic E-state index is 12.5. The summed E-state index contributed by atoms with van der Waals surface area (Å²) in [6.45, 7) is 0. The molecule has 0 fully saturated rings. The highest BCUT2D eigenvalue weighted by Gasteiger charge is 2.33. The lowest BCUT2D eigenvalue weighted by Gasteiger charge is -2.09. The molecule has 0 unspecified atom stereocenters. The smallest absolute Gasteiger partial charge is 0.212 e. The van der Waals surface area contributed by atoms with Crippen LogP contribution in [0.2, 0.25) is 0 Å². The molecule has 0 heterocycles. The molecule has 0 aliphatic heterocycles. The molecule has 19 heavy (non-hydrogen) atoms. The molecule has 0 aliphatic rings. The predicted octanol–water partition coefficient (Wildman–Crippen LogP) is 3.24. The molecule has 3 nitrogen and oxygen atoms in total. The maximum Gasteiger partial charge on any atom is 0.417 e. The molecule has 0 bridgehead atoms. The highest BCUT2D eigenvalue weighted by molar-refractivity contribution is 8.14. The summed E-state index contributed by atoms with van der Waals surface area (Å²) in [6, 6.07) is 4.54. The Kier molecular flexibility index (Phi) is 5.12. The fourth-order valence-electron chi connectivity index (χ4n) is 1.21. The van der Waals surface area contributed by atoms with E-state index in [1.165, 1.54) is 12.1 Å². The Bertz CT molecular complexity index is 608. The molecule has 0 saturated heterocycles. The molecule has 1 aromatic rings. The monoisotopic (exact) mass is 329 g/mol. The van der Waals surface area contributed by atoms with Crippen LogP contribution in [0.3, 0.4) is 0 Å². The van der Waals surface area contributed by atoms with Crippen LogP contribution in [0.5, 0.6) is 0 Å². The van der Waals surface area contributed by atoms with E-state index >= 15 is 0 Å². The van der Waals surface area contributed by atoms with Gasteiger partial charge in [-0.3, -0.25) is 0 Å². The van der Waals surface area contributed by atoms with E-state index in [9.17, 15) is 21.6 Å². The van der Waals surface area contributed by atoms with Crippen molar-refractivity contribution in [2.75, 3.05) is 11.5 Å². The average molecular weight is 330 g/mol. The molecule has 9 heteroatoms. The first-order chi connectivity index (χ1) is 8.63. The summed E-state index contributed by atoms with van der Waals surface area (Å²) in [5.74, 6) is -0.204. The fourth-order valence-corrected chi connectivity index (χ4v) is 3.51. The maximum absolute atomic E-state index is 12.5. The third-order valence-electron chi connectivity index (χ3n) is 2.01. The first-order valence-electron chi connectivity index (χ1n) is 4.80. The van der Waals surface area contributed by atoms with Gasteiger partial charge in [0.15, 0.2) is 0 Å². The number of benzene rings is 1. The highest BCUT2D eigenvalue weighted by Crippen LogP contribution is 2.33. The summed E-state index contributed by atoms with van der Waals surface area (Å²) in [5, 5.41) is 8.68. The minimum atomic E-state index is -4.59. The minimum Gasteiger partial charge on any atom is -0.212 e. The van der Waals surface area contributed by atoms with Gasteiger partial charge in [-0.2, -0.15) is 18.4 Å². The van der Waals surface area contributed by atoms with Gasteiger partial charge in [-0.25, -0.2) is 8.42 Å². The first-order valence-corrected chi connectivity index (χ1v) is 8.26. The van der Waals surface area contributed by atoms with Crippen molar-refractivity contribution >= 4 is 31.5 Å². The summed E-state index contributed by atoms with van der Waals surface area (Å²) >= 11 is 1.01. The molecule has 0 aliphatic carbocycles. The van der Waals surface area contributed by atoms with E-state index in [4.69, 9.17) is 15.9 Å². The number of hydrogen-bond acceptors (Lipinski definition) is 4. The molecule has 0 N–H and O–H groups in total. The molecule has 0 amide bonds. The molecular formula is C10H7ClF3NO2S2. The van der Waals surface area contributed by atoms with Crippen molar-refractivity contribution in [3.63, 3.8) is 0 Å². The van der Waals surface area contributed by atoms with E-state index in [1.54, 1.807) is 0 Å². The number of rotatable bonds is 4. The Hall–Kier alpha value is -0.910. The van der Waals surface area contributed by atoms with Gasteiger partial charge in [0.05, 0.1) is 22.9 Å². The van der Waals surface area contributed by atoms with Crippen LogP contribution in [0.25, 0.3) is 0 Å². The topological polar surface area (TPSA) is 57.9 Å². The SMILES string of the molecule is N#Cc1cc(SCCS(=O)(=O)Cl)ccc1C(F)(F)F. The normalized spacial score (nSPS) is 12.2. The third-order valence-corrected chi connectivity index (χ3v) is 4.42. The van der Waals surface area contributed by atoms with Gasteiger partial charge >= 0.3 is 6.18 Å². The minimum absolute atomic E-state index is 0.0993. The second kappa shape index (κ2) is 6.03. The molecule has 104 valence electrons. The molecule has 0 saturated carbocycles. The van der Waals surface area contributed by atoms with Crippen molar-refractivity contribution in [1.82, 2.24) is 0 Å². The molecule has 0 aromatic heterocycles. The van der Waals surface area contributed by atoms with Crippen LogP contribution >= 0.6 is 22.4 Å². The lowest BCUT2D eigenvalue weighted by atomic mass is 10.1. The average Bonchev–Trinajstić information content (AvgIpc) is 2.25. The Labute approximate surface area is 116 Å². The van der Waals surface area contributed by atoms with Gasteiger partial charge in [0.1, 0.15) is 0 Å². The van der Waals surface area contributed by atoms with E-state index in [2.05, 4.69) is 0 Å². The fraction of sp³-hybridized carbons (Fsp3) is 0.300. The molecule has 0 atom stereocenters. The van der Waals surface area contributed by atoms with Crippen molar-refractivity contribution in [3.05, 3.63) is 29.3 Å². The van der Waals surface area contributed by atoms with Crippen LogP contribution < -0.4 is 0 Å². The van der Waals surface area contributed by atoms with Crippen LogP contribution in [0, 0.1) is 11.3 Å². The lowest BCUT2D eigenvalue weighted by molar-refractivity contribution is -0.137. The zero-order valence-electron chi connectivity index (χ0n) is 9.24. The van der Waals surface area contributed by atoms with Gasteiger partial charge in [0.2, 0.25) is 9.05 Å². The number of halogens is 4. The van der Waals surface area contributed by atoms with Crippen LogP contribution in [0.4, 0.5) is 13.2 Å². The highest BCUT2D eigenvalue weighted by atomic mass is 35.7. The van der Waals surface area contributed by atoms with Gasteiger partial charge in [-0.05, 0) is 18.2 Å². The zero-order chi connectivity index (χ0) is 14.7. The number of nitrogens with zero attached hydrogens (tertiary/aromatic N) is 1. The Morgan fingerprint density at radius 2 is 2.00 bits per heavy atom.